The second kappa shape index (κ2) is 15.9. The van der Waals surface area contributed by atoms with E-state index in [0.29, 0.717) is 5.56 Å². The molecule has 0 aliphatic rings. The maximum absolute atomic E-state index is 13.6. The first-order chi connectivity index (χ1) is 19.8. The van der Waals surface area contributed by atoms with Gasteiger partial charge < -0.3 is 54.1 Å². The summed E-state index contributed by atoms with van der Waals surface area (Å²) >= 11 is 0. The molecule has 5 unspecified atom stereocenters. The third-order valence-corrected chi connectivity index (χ3v) is 6.39. The van der Waals surface area contributed by atoms with Crippen LogP contribution in [0, 0.1) is 0 Å². The van der Waals surface area contributed by atoms with E-state index in [1.165, 1.54) is 6.92 Å². The lowest BCUT2D eigenvalue weighted by Crippen LogP contribution is -2.58. The van der Waals surface area contributed by atoms with Gasteiger partial charge in [0, 0.05) is 36.5 Å². The van der Waals surface area contributed by atoms with E-state index in [-0.39, 0.29) is 44.6 Å². The van der Waals surface area contributed by atoms with Gasteiger partial charge >= 0.3 is 5.97 Å². The number of carbonyl (C=O) groups excluding carboxylic acids is 4. The number of aliphatic hydroxyl groups excluding tert-OH is 1. The van der Waals surface area contributed by atoms with Crippen LogP contribution in [-0.4, -0.2) is 87.6 Å². The van der Waals surface area contributed by atoms with Crippen molar-refractivity contribution in [3.63, 3.8) is 0 Å². The monoisotopic (exact) mass is 589 g/mol. The highest BCUT2D eigenvalue weighted by Crippen LogP contribution is 2.19. The number of aromatic nitrogens is 1. The third-order valence-electron chi connectivity index (χ3n) is 6.39. The number of hydrogen-bond acceptors (Lipinski definition) is 8. The van der Waals surface area contributed by atoms with Gasteiger partial charge in [0.1, 0.15) is 12.1 Å². The highest BCUT2D eigenvalue weighted by atomic mass is 16.4. The average Bonchev–Trinajstić information content (AvgIpc) is 3.33. The summed E-state index contributed by atoms with van der Waals surface area (Å²) in [4.78, 5) is 69.1. The Morgan fingerprint density at radius 1 is 0.952 bits per heavy atom. The summed E-state index contributed by atoms with van der Waals surface area (Å²) in [6.45, 7) is 1.31. The molecular formula is C26H39N9O7. The van der Waals surface area contributed by atoms with E-state index in [1.54, 1.807) is 6.20 Å². The van der Waals surface area contributed by atoms with Gasteiger partial charge in [-0.3, -0.25) is 24.2 Å². The lowest BCUT2D eigenvalue weighted by atomic mass is 10.0. The first kappa shape index (κ1) is 33.5. The number of nitrogens with zero attached hydrogens (tertiary/aromatic N) is 1. The Kier molecular flexibility index (Phi) is 12.7. The number of aliphatic imine (C=N–C) groups is 1. The molecule has 42 heavy (non-hydrogen) atoms. The van der Waals surface area contributed by atoms with Gasteiger partial charge in [-0.15, -0.1) is 0 Å². The molecule has 0 bridgehead atoms. The van der Waals surface area contributed by atoms with E-state index in [9.17, 15) is 34.2 Å². The number of fused-ring (bicyclic) bond motifs is 1. The molecule has 0 spiro atoms. The van der Waals surface area contributed by atoms with Gasteiger partial charge in [0.05, 0.1) is 12.1 Å². The van der Waals surface area contributed by atoms with Crippen LogP contribution < -0.4 is 38.9 Å². The smallest absolute Gasteiger partial charge is 0.328 e. The molecule has 0 saturated heterocycles. The van der Waals surface area contributed by atoms with E-state index in [4.69, 9.17) is 22.9 Å². The van der Waals surface area contributed by atoms with Gasteiger partial charge in [0.15, 0.2) is 12.0 Å². The standard InChI is InChI=1S/C26H39N9O7/c1-13(36)21(25(41)42)35-23(39)18(7-4-10-31-26(29)30)33-24(40)19(34-22(38)16(27)8-9-20(28)37)11-14-12-32-17-6-3-2-5-15(14)17/h2-3,5-6,12-13,16,18-19,21,32,36H,4,7-11,27H2,1H3,(H2,28,37)(H,33,40)(H,34,38)(H,35,39)(H,41,42)(H4,29,30,31). The van der Waals surface area contributed by atoms with Crippen molar-refractivity contribution in [1.29, 1.82) is 0 Å². The van der Waals surface area contributed by atoms with Crippen molar-refractivity contribution < 1.29 is 34.2 Å². The Morgan fingerprint density at radius 3 is 2.21 bits per heavy atom. The number of carbonyl (C=O) groups is 5. The molecule has 0 saturated carbocycles. The molecule has 2 aromatic rings. The Balaban J connectivity index is 2.32. The minimum absolute atomic E-state index is 0.00209. The van der Waals surface area contributed by atoms with Crippen LogP contribution in [0.2, 0.25) is 0 Å². The van der Waals surface area contributed by atoms with E-state index in [0.717, 1.165) is 10.9 Å². The van der Waals surface area contributed by atoms with Crippen LogP contribution >= 0.6 is 0 Å². The Bertz CT molecular complexity index is 1290. The summed E-state index contributed by atoms with van der Waals surface area (Å²) in [7, 11) is 0. The van der Waals surface area contributed by atoms with Gasteiger partial charge in [0.2, 0.25) is 23.6 Å². The third kappa shape index (κ3) is 10.4. The molecule has 16 nitrogen and oxygen atoms in total. The van der Waals surface area contributed by atoms with Crippen LogP contribution in [-0.2, 0) is 30.4 Å². The van der Waals surface area contributed by atoms with Crippen LogP contribution in [0.4, 0.5) is 0 Å². The number of carboxylic acids is 1. The van der Waals surface area contributed by atoms with E-state index >= 15 is 0 Å². The van der Waals surface area contributed by atoms with Crippen molar-refractivity contribution in [2.75, 3.05) is 6.54 Å². The summed E-state index contributed by atoms with van der Waals surface area (Å²) in [5.74, 6) is -4.64. The van der Waals surface area contributed by atoms with E-state index < -0.39 is 59.9 Å². The molecule has 16 heteroatoms. The predicted molar refractivity (Wildman–Crippen MR) is 153 cm³/mol. The van der Waals surface area contributed by atoms with Crippen LogP contribution in [0.15, 0.2) is 35.5 Å². The number of nitrogens with one attached hydrogen (secondary N) is 4. The van der Waals surface area contributed by atoms with Gasteiger partial charge in [-0.25, -0.2) is 4.79 Å². The molecule has 0 aliphatic carbocycles. The predicted octanol–water partition coefficient (Wildman–Crippen LogP) is -2.72. The average molecular weight is 590 g/mol. The van der Waals surface area contributed by atoms with Crippen molar-refractivity contribution in [1.82, 2.24) is 20.9 Å². The number of carboxylic acid groups (broad SMARTS) is 1. The molecule has 1 aromatic carbocycles. The molecule has 0 aliphatic heterocycles. The lowest BCUT2D eigenvalue weighted by Gasteiger charge is -2.26. The maximum atomic E-state index is 13.6. The second-order valence-electron chi connectivity index (χ2n) is 9.81. The van der Waals surface area contributed by atoms with E-state index in [2.05, 4.69) is 25.9 Å². The Hall–Kier alpha value is -4.70. The van der Waals surface area contributed by atoms with Crippen LogP contribution in [0.5, 0.6) is 0 Å². The zero-order valence-corrected chi connectivity index (χ0v) is 23.2. The Labute approximate surface area is 241 Å². The summed E-state index contributed by atoms with van der Waals surface area (Å²) in [6.07, 6.45) is 0.280. The fraction of sp³-hybridized carbons (Fsp3) is 0.462. The molecule has 4 amide bonds. The molecule has 230 valence electrons. The number of primary amides is 1. The van der Waals surface area contributed by atoms with Crippen LogP contribution in [0.3, 0.4) is 0 Å². The molecule has 1 aromatic heterocycles. The minimum Gasteiger partial charge on any atom is -0.480 e. The number of amides is 4. The number of aliphatic carboxylic acids is 1. The SMILES string of the molecule is CC(O)C(NC(=O)C(CCCN=C(N)N)NC(=O)C(Cc1c[nH]c2ccccc12)NC(=O)C(N)CCC(N)=O)C(=O)O. The number of nitrogens with two attached hydrogens (primary N) is 4. The number of benzene rings is 1. The number of aromatic amines is 1. The zero-order chi connectivity index (χ0) is 31.4. The second-order valence-corrected chi connectivity index (χ2v) is 9.81. The van der Waals surface area contributed by atoms with Crippen molar-refractivity contribution in [2.45, 2.75) is 69.3 Å². The maximum Gasteiger partial charge on any atom is 0.328 e. The fourth-order valence-corrected chi connectivity index (χ4v) is 4.12. The summed E-state index contributed by atoms with van der Waals surface area (Å²) in [5, 5.41) is 27.4. The molecular weight excluding hydrogens is 550 g/mol. The molecule has 5 atom stereocenters. The van der Waals surface area contributed by atoms with Crippen LogP contribution in [0.1, 0.15) is 38.2 Å². The Morgan fingerprint density at radius 2 is 1.60 bits per heavy atom. The van der Waals surface area contributed by atoms with Crippen molar-refractivity contribution in [3.05, 3.63) is 36.0 Å². The van der Waals surface area contributed by atoms with Crippen LogP contribution in [0.25, 0.3) is 10.9 Å². The van der Waals surface area contributed by atoms with Crippen molar-refractivity contribution >= 4 is 46.5 Å². The highest BCUT2D eigenvalue weighted by molar-refractivity contribution is 5.95. The number of H-pyrrole nitrogens is 1. The number of para-hydroxylation sites is 1. The molecule has 2 rings (SSSR count). The largest absolute Gasteiger partial charge is 0.480 e. The van der Waals surface area contributed by atoms with Gasteiger partial charge in [-0.1, -0.05) is 18.2 Å². The number of guanidine groups is 1. The number of hydrogen-bond donors (Lipinski definition) is 10. The van der Waals surface area contributed by atoms with E-state index in [1.807, 2.05) is 24.3 Å². The summed E-state index contributed by atoms with van der Waals surface area (Å²) in [6, 6.07) is 2.02. The molecule has 0 radical (unpaired) electrons. The molecule has 0 fully saturated rings. The van der Waals surface area contributed by atoms with Crippen molar-refractivity contribution in [2.24, 2.45) is 27.9 Å². The van der Waals surface area contributed by atoms with Crippen molar-refractivity contribution in [3.8, 4) is 0 Å². The lowest BCUT2D eigenvalue weighted by molar-refractivity contribution is -0.145. The summed E-state index contributed by atoms with van der Waals surface area (Å²) < 4.78 is 0. The first-order valence-electron chi connectivity index (χ1n) is 13.3. The van der Waals surface area contributed by atoms with Gasteiger partial charge in [0.25, 0.3) is 0 Å². The van der Waals surface area contributed by atoms with Gasteiger partial charge in [-0.2, -0.15) is 0 Å². The summed E-state index contributed by atoms with van der Waals surface area (Å²) in [5.41, 5.74) is 23.2. The molecule has 1 heterocycles. The zero-order valence-electron chi connectivity index (χ0n) is 23.2. The molecule has 14 N–H and O–H groups in total. The minimum atomic E-state index is -1.64. The number of rotatable bonds is 17. The van der Waals surface area contributed by atoms with Gasteiger partial charge in [-0.05, 0) is 37.8 Å². The quantitative estimate of drug-likeness (QED) is 0.0516. The number of aliphatic hydroxyl groups is 1. The fourth-order valence-electron chi connectivity index (χ4n) is 4.12. The highest BCUT2D eigenvalue weighted by Gasteiger charge is 2.32. The first-order valence-corrected chi connectivity index (χ1v) is 13.3. The normalized spacial score (nSPS) is 14.5. The topological polar surface area (TPSA) is 294 Å².